The van der Waals surface area contributed by atoms with Crippen LogP contribution in [-0.2, 0) is 9.59 Å². The normalized spacial score (nSPS) is 10.5. The van der Waals surface area contributed by atoms with Gasteiger partial charge in [-0.05, 0) is 97.1 Å². The van der Waals surface area contributed by atoms with E-state index in [1.54, 1.807) is 23.5 Å². The van der Waals surface area contributed by atoms with E-state index in [0.29, 0.717) is 11.5 Å². The van der Waals surface area contributed by atoms with Gasteiger partial charge in [0.05, 0.1) is 11.5 Å². The maximum absolute atomic E-state index is 12.2. The molecule has 4 aromatic carbocycles. The highest BCUT2D eigenvalue weighted by molar-refractivity contribution is 8.00. The largest absolute Gasteiger partial charge is 0.356 e. The molecule has 4 N–H and O–H groups in total. The second kappa shape index (κ2) is 16.3. The van der Waals surface area contributed by atoms with Gasteiger partial charge in [-0.1, -0.05) is 36.4 Å². The summed E-state index contributed by atoms with van der Waals surface area (Å²) < 4.78 is 0. The number of para-hydroxylation sites is 2. The van der Waals surface area contributed by atoms with E-state index in [4.69, 9.17) is 0 Å². The first-order valence-electron chi connectivity index (χ1n) is 13.2. The van der Waals surface area contributed by atoms with Crippen molar-refractivity contribution in [2.45, 2.75) is 12.8 Å². The fourth-order valence-electron chi connectivity index (χ4n) is 3.78. The number of unbranched alkanes of at least 4 members (excludes halogenated alkanes) is 1. The number of rotatable bonds is 15. The van der Waals surface area contributed by atoms with Crippen molar-refractivity contribution < 1.29 is 9.59 Å². The Hall–Kier alpha value is -3.88. The zero-order valence-corrected chi connectivity index (χ0v) is 23.9. The molecular weight excluding hydrogens is 537 g/mol. The molecule has 0 heterocycles. The lowest BCUT2D eigenvalue weighted by Crippen LogP contribution is -2.14. The van der Waals surface area contributed by atoms with Crippen molar-refractivity contribution in [3.63, 3.8) is 0 Å². The van der Waals surface area contributed by atoms with Crippen molar-refractivity contribution in [1.82, 2.24) is 0 Å². The van der Waals surface area contributed by atoms with Crippen molar-refractivity contribution >= 4 is 69.5 Å². The molecule has 0 fully saturated rings. The van der Waals surface area contributed by atoms with Gasteiger partial charge in [-0.2, -0.15) is 23.5 Å². The lowest BCUT2D eigenvalue weighted by Gasteiger charge is -2.09. The molecule has 0 spiro atoms. The highest BCUT2D eigenvalue weighted by Gasteiger charge is 2.05. The van der Waals surface area contributed by atoms with E-state index >= 15 is 0 Å². The third-order valence-corrected chi connectivity index (χ3v) is 7.84. The minimum absolute atomic E-state index is 0.00342. The molecular formula is C32H34N4O2S2. The number of nitrogens with one attached hydrogen (secondary N) is 4. The summed E-state index contributed by atoms with van der Waals surface area (Å²) in [4.78, 5) is 24.5. The topological polar surface area (TPSA) is 82.3 Å². The zero-order chi connectivity index (χ0) is 27.8. The summed E-state index contributed by atoms with van der Waals surface area (Å²) in [6.45, 7) is 0. The summed E-state index contributed by atoms with van der Waals surface area (Å²) in [6, 6.07) is 35.4. The van der Waals surface area contributed by atoms with E-state index < -0.39 is 0 Å². The standard InChI is InChI=1S/C32H34N4O2S2/c37-31(35-29-17-13-27(14-18-29)33-25-9-3-1-4-10-25)23-39-21-7-8-22-40-24-32(38)36-30-19-15-28(16-20-30)34-26-11-5-2-6-12-26/h1-6,9-20,33-34H,7-8,21-24H2,(H,35,37)(H,36,38). The fraction of sp³-hybridized carbons (Fsp3) is 0.188. The van der Waals surface area contributed by atoms with Crippen LogP contribution in [0.25, 0.3) is 0 Å². The van der Waals surface area contributed by atoms with Crippen molar-refractivity contribution in [2.24, 2.45) is 0 Å². The Labute approximate surface area is 244 Å². The number of thioether (sulfide) groups is 2. The van der Waals surface area contributed by atoms with Crippen molar-refractivity contribution in [3.05, 3.63) is 109 Å². The molecule has 40 heavy (non-hydrogen) atoms. The van der Waals surface area contributed by atoms with Crippen molar-refractivity contribution in [1.29, 1.82) is 0 Å². The molecule has 0 saturated carbocycles. The molecule has 0 unspecified atom stereocenters. The molecule has 0 atom stereocenters. The Balaban J connectivity index is 1.01. The molecule has 0 aliphatic carbocycles. The maximum Gasteiger partial charge on any atom is 0.234 e. The van der Waals surface area contributed by atoms with Gasteiger partial charge >= 0.3 is 0 Å². The molecule has 0 aromatic heterocycles. The summed E-state index contributed by atoms with van der Waals surface area (Å²) in [5, 5.41) is 12.6. The number of carbonyl (C=O) groups excluding carboxylic acids is 2. The Kier molecular flexibility index (Phi) is 11.8. The predicted molar refractivity (Wildman–Crippen MR) is 173 cm³/mol. The molecule has 0 radical (unpaired) electrons. The molecule has 0 saturated heterocycles. The Bertz CT molecular complexity index is 1210. The number of hydrogen-bond acceptors (Lipinski definition) is 6. The van der Waals surface area contributed by atoms with E-state index in [-0.39, 0.29) is 11.8 Å². The van der Waals surface area contributed by atoms with Crippen LogP contribution in [-0.4, -0.2) is 34.8 Å². The van der Waals surface area contributed by atoms with Gasteiger partial charge in [-0.15, -0.1) is 0 Å². The molecule has 0 aliphatic rings. The molecule has 4 rings (SSSR count). The van der Waals surface area contributed by atoms with Gasteiger partial charge < -0.3 is 21.3 Å². The SMILES string of the molecule is O=C(CSCCCCSCC(=O)Nc1ccc(Nc2ccccc2)cc1)Nc1ccc(Nc2ccccc2)cc1. The van der Waals surface area contributed by atoms with Gasteiger partial charge in [-0.3, -0.25) is 9.59 Å². The first-order valence-corrected chi connectivity index (χ1v) is 15.5. The van der Waals surface area contributed by atoms with E-state index in [1.165, 1.54) is 0 Å². The first-order chi connectivity index (χ1) is 19.6. The number of carbonyl (C=O) groups is 2. The van der Waals surface area contributed by atoms with Crippen molar-refractivity contribution in [2.75, 3.05) is 44.3 Å². The molecule has 206 valence electrons. The minimum Gasteiger partial charge on any atom is -0.356 e. The average Bonchev–Trinajstić information content (AvgIpc) is 2.97. The van der Waals surface area contributed by atoms with Crippen LogP contribution in [0.1, 0.15) is 12.8 Å². The third kappa shape index (κ3) is 10.7. The average molecular weight is 571 g/mol. The predicted octanol–water partition coefficient (Wildman–Crippen LogP) is 8.00. The summed E-state index contributed by atoms with van der Waals surface area (Å²) in [6.07, 6.45) is 2.03. The quantitative estimate of drug-likeness (QED) is 0.108. The van der Waals surface area contributed by atoms with Gasteiger partial charge in [0, 0.05) is 34.1 Å². The lowest BCUT2D eigenvalue weighted by atomic mass is 10.2. The van der Waals surface area contributed by atoms with Crippen LogP contribution in [0.3, 0.4) is 0 Å². The molecule has 6 nitrogen and oxygen atoms in total. The molecule has 8 heteroatoms. The van der Waals surface area contributed by atoms with Crippen LogP contribution in [0.5, 0.6) is 0 Å². The van der Waals surface area contributed by atoms with E-state index in [2.05, 4.69) is 21.3 Å². The van der Waals surface area contributed by atoms with Gasteiger partial charge in [0.2, 0.25) is 11.8 Å². The zero-order valence-electron chi connectivity index (χ0n) is 22.3. The second-order valence-corrected chi connectivity index (χ2v) is 11.3. The maximum atomic E-state index is 12.2. The Morgan fingerprint density at radius 3 is 1.15 bits per heavy atom. The number of benzene rings is 4. The smallest absolute Gasteiger partial charge is 0.234 e. The van der Waals surface area contributed by atoms with Gasteiger partial charge in [0.25, 0.3) is 0 Å². The highest BCUT2D eigenvalue weighted by Crippen LogP contribution is 2.20. The number of amides is 2. The summed E-state index contributed by atoms with van der Waals surface area (Å²) in [7, 11) is 0. The van der Waals surface area contributed by atoms with Crippen LogP contribution in [0.15, 0.2) is 109 Å². The summed E-state index contributed by atoms with van der Waals surface area (Å²) in [5.41, 5.74) is 5.57. The van der Waals surface area contributed by atoms with Crippen LogP contribution in [0, 0.1) is 0 Å². The van der Waals surface area contributed by atoms with Gasteiger partial charge in [0.1, 0.15) is 0 Å². The van der Waals surface area contributed by atoms with Crippen LogP contribution >= 0.6 is 23.5 Å². The Morgan fingerprint density at radius 1 is 0.450 bits per heavy atom. The van der Waals surface area contributed by atoms with E-state index in [1.807, 2.05) is 109 Å². The van der Waals surface area contributed by atoms with E-state index in [0.717, 1.165) is 58.5 Å². The van der Waals surface area contributed by atoms with E-state index in [9.17, 15) is 9.59 Å². The minimum atomic E-state index is 0.00342. The number of anilines is 6. The van der Waals surface area contributed by atoms with Gasteiger partial charge in [-0.25, -0.2) is 0 Å². The first kappa shape index (κ1) is 29.1. The molecule has 4 aromatic rings. The molecule has 0 aliphatic heterocycles. The summed E-state index contributed by atoms with van der Waals surface area (Å²) >= 11 is 3.27. The van der Waals surface area contributed by atoms with Crippen LogP contribution in [0.4, 0.5) is 34.1 Å². The third-order valence-electron chi connectivity index (χ3n) is 5.76. The monoisotopic (exact) mass is 570 g/mol. The number of hydrogen-bond donors (Lipinski definition) is 4. The van der Waals surface area contributed by atoms with Crippen LogP contribution in [0.2, 0.25) is 0 Å². The molecule has 2 amide bonds. The lowest BCUT2D eigenvalue weighted by molar-refractivity contribution is -0.114. The van der Waals surface area contributed by atoms with Crippen LogP contribution < -0.4 is 21.3 Å². The fourth-order valence-corrected chi connectivity index (χ4v) is 5.40. The highest BCUT2D eigenvalue weighted by atomic mass is 32.2. The molecule has 0 bridgehead atoms. The second-order valence-electron chi connectivity index (χ2n) is 9.05. The summed E-state index contributed by atoms with van der Waals surface area (Å²) in [5.74, 6) is 2.71. The van der Waals surface area contributed by atoms with Gasteiger partial charge in [0.15, 0.2) is 0 Å². The Morgan fingerprint density at radius 2 is 0.775 bits per heavy atom. The van der Waals surface area contributed by atoms with Crippen molar-refractivity contribution in [3.8, 4) is 0 Å².